The molecule has 12 atom stereocenters. The van der Waals surface area contributed by atoms with Gasteiger partial charge in [-0.05, 0) is 146 Å². The Hall–Kier alpha value is -11.9. The molecule has 0 aromatic heterocycles. The lowest BCUT2D eigenvalue weighted by atomic mass is 9.80. The summed E-state index contributed by atoms with van der Waals surface area (Å²) in [6, 6.07) is 72.2. The van der Waals surface area contributed by atoms with Gasteiger partial charge in [-0.1, -0.05) is 196 Å². The third kappa shape index (κ3) is 23.5. The van der Waals surface area contributed by atoms with Crippen molar-refractivity contribution in [2.24, 2.45) is 0 Å². The van der Waals surface area contributed by atoms with Gasteiger partial charge in [0.1, 0.15) is 54.7 Å². The molecule has 25 nitrogen and oxygen atoms in total. The molecule has 9 aromatic carbocycles. The highest BCUT2D eigenvalue weighted by Gasteiger charge is 2.58. The van der Waals surface area contributed by atoms with E-state index in [2.05, 4.69) is 5.32 Å². The van der Waals surface area contributed by atoms with Gasteiger partial charge in [-0.25, -0.2) is 28.8 Å². The number of ether oxygens (including phenoxy) is 13. The first kappa shape index (κ1) is 87.4. The number of carbonyl (C=O) groups excluding carboxylic acids is 8. The fourth-order valence-electron chi connectivity index (χ4n) is 14.8. The van der Waals surface area contributed by atoms with Gasteiger partial charge in [0.25, 0.3) is 0 Å². The van der Waals surface area contributed by atoms with Gasteiger partial charge in [-0.15, -0.1) is 0 Å². The fourth-order valence-corrected chi connectivity index (χ4v) is 14.8. The summed E-state index contributed by atoms with van der Waals surface area (Å²) in [4.78, 5) is 115. The van der Waals surface area contributed by atoms with Crippen LogP contribution in [0.3, 0.4) is 0 Å². The lowest BCUT2D eigenvalue weighted by Gasteiger charge is -2.48. The SMILES string of the molecule is COc1ccc(C(OC[C@@H]2C[C@@H](O)CN2C(=O)CCCCCNC(=O)CCCCCCCCOC2OC(COC(=O)c3ccccc3)C(OC3OC(COC(=O)c4ccccc4)C(OC(=O)c4ccccc4)C(OC(=O)c4ccccc4)C3OC(=O)c3ccccc3)C(OC(=O)c3ccccc3)C2O)(c2ccccc2)c2ccc(OC)cc2)cc1. The molecule has 3 fully saturated rings. The van der Waals surface area contributed by atoms with Gasteiger partial charge in [0.05, 0.1) is 66.4 Å². The third-order valence-electron chi connectivity index (χ3n) is 21.1. The van der Waals surface area contributed by atoms with E-state index in [1.54, 1.807) is 128 Å². The number of methoxy groups -OCH3 is 2. The molecule has 0 aliphatic carbocycles. The third-order valence-corrected chi connectivity index (χ3v) is 21.1. The molecule has 3 heterocycles. The Balaban J connectivity index is 0.680. The molecular weight excluding hydrogens is 1540 g/mol. The molecule has 25 heteroatoms. The minimum absolute atomic E-state index is 0.00564. The van der Waals surface area contributed by atoms with Crippen molar-refractivity contribution >= 4 is 47.6 Å². The number of unbranched alkanes of at least 4 members (excludes halogenated alkanes) is 7. The largest absolute Gasteiger partial charge is 0.497 e. The van der Waals surface area contributed by atoms with Crippen LogP contribution in [0, 0.1) is 0 Å². The first-order chi connectivity index (χ1) is 58.6. The highest BCUT2D eigenvalue weighted by atomic mass is 16.8. The van der Waals surface area contributed by atoms with E-state index in [4.69, 9.17) is 61.6 Å². The Morgan fingerprint density at radius 2 is 0.783 bits per heavy atom. The number of nitrogens with zero attached hydrogens (tertiary/aromatic N) is 1. The number of aliphatic hydroxyl groups is 2. The summed E-state index contributed by atoms with van der Waals surface area (Å²) in [6.45, 7) is -0.598. The number of nitrogens with one attached hydrogen (secondary N) is 1. The van der Waals surface area contributed by atoms with E-state index in [1.165, 1.54) is 72.8 Å². The molecule has 120 heavy (non-hydrogen) atoms. The number of hydrogen-bond acceptors (Lipinski definition) is 23. The highest BCUT2D eigenvalue weighted by molar-refractivity contribution is 5.92. The Morgan fingerprint density at radius 1 is 0.400 bits per heavy atom. The summed E-state index contributed by atoms with van der Waals surface area (Å²) in [6.07, 6.45) is -11.7. The Bertz CT molecular complexity index is 4680. The van der Waals surface area contributed by atoms with Gasteiger partial charge >= 0.3 is 35.8 Å². The molecule has 10 unspecified atom stereocenters. The second-order valence-corrected chi connectivity index (χ2v) is 29.4. The van der Waals surface area contributed by atoms with Crippen LogP contribution >= 0.6 is 0 Å². The Kier molecular flexibility index (Phi) is 32.2. The second kappa shape index (κ2) is 44.2. The van der Waals surface area contributed by atoms with Gasteiger partial charge in [0.2, 0.25) is 11.8 Å². The number of amides is 2. The van der Waals surface area contributed by atoms with Crippen molar-refractivity contribution in [3.63, 3.8) is 0 Å². The number of likely N-dealkylation sites (tertiary alicyclic amines) is 1. The predicted molar refractivity (Wildman–Crippen MR) is 438 cm³/mol. The van der Waals surface area contributed by atoms with Crippen molar-refractivity contribution in [2.75, 3.05) is 53.7 Å². The van der Waals surface area contributed by atoms with E-state index in [0.29, 0.717) is 69.4 Å². The zero-order valence-corrected chi connectivity index (χ0v) is 66.9. The molecule has 9 aromatic rings. The number of aliphatic hydroxyl groups excluding tert-OH is 2. The van der Waals surface area contributed by atoms with Crippen molar-refractivity contribution in [1.29, 1.82) is 0 Å². The minimum atomic E-state index is -2.03. The number of rotatable bonds is 40. The molecule has 628 valence electrons. The maximum atomic E-state index is 14.7. The second-order valence-electron chi connectivity index (χ2n) is 29.4. The highest BCUT2D eigenvalue weighted by Crippen LogP contribution is 2.43. The monoisotopic (exact) mass is 1640 g/mol. The molecule has 3 saturated heterocycles. The van der Waals surface area contributed by atoms with Gasteiger partial charge in [-0.2, -0.15) is 0 Å². The normalized spacial score (nSPS) is 20.8. The minimum Gasteiger partial charge on any atom is -0.497 e. The van der Waals surface area contributed by atoms with Crippen LogP contribution in [-0.2, 0) is 67.3 Å². The zero-order chi connectivity index (χ0) is 84.0. The van der Waals surface area contributed by atoms with Gasteiger partial charge in [0, 0.05) is 32.5 Å². The lowest BCUT2D eigenvalue weighted by Crippen LogP contribution is -2.67. The van der Waals surface area contributed by atoms with E-state index in [9.17, 15) is 48.6 Å². The van der Waals surface area contributed by atoms with Crippen LogP contribution in [0.2, 0.25) is 0 Å². The molecular formula is C95H100N2O23. The summed E-state index contributed by atoms with van der Waals surface area (Å²) in [5.74, 6) is -4.32. The van der Waals surface area contributed by atoms with Gasteiger partial charge in [0.15, 0.2) is 37.0 Å². The molecule has 3 aliphatic heterocycles. The standard InChI is InChI=1S/C95H100N2O23/c1-108-75-53-49-71(50-54-75)95(70-45-27-13-28-46-70,72-51-55-76(109-2)56-52-72)113-61-73-59-74(98)60-97(73)80(100)48-30-14-31-57-96-79(99)47-29-5-3-4-6-32-58-110-93-81(101)84(117-90(105)67-39-21-10-22-40-67)82(77(114-93)62-111-87(102)64-33-15-7-16-34-64)120-94-86(119-92(107)69-43-25-12-26-44-69)85(118-91(106)68-41-23-11-24-42-68)83(116-89(104)66-37-19-9-20-38-66)78(115-94)63-112-88(103)65-35-17-8-18-36-65/h7-13,15-28,33-46,49-56,73-74,77-78,81-86,93-94,98,101H,3-6,14,29-32,47-48,57-63H2,1-2H3,(H,96,99)/t73-,74+,77?,78?,81?,82?,83?,84?,85?,86?,93?,94?/m0/s1. The Labute approximate surface area is 696 Å². The van der Waals surface area contributed by atoms with E-state index in [-0.39, 0.29) is 77.4 Å². The smallest absolute Gasteiger partial charge is 0.338 e. The van der Waals surface area contributed by atoms with Crippen LogP contribution in [0.1, 0.15) is 156 Å². The van der Waals surface area contributed by atoms with E-state index < -0.39 is 122 Å². The number of β-amino-alcohol motifs (C(OH)–C–C–N with tert-alkyl or cyclic N) is 1. The van der Waals surface area contributed by atoms with Crippen molar-refractivity contribution in [3.05, 3.63) is 311 Å². The van der Waals surface area contributed by atoms with Crippen LogP contribution in [0.4, 0.5) is 0 Å². The molecule has 3 N–H and O–H groups in total. The summed E-state index contributed by atoms with van der Waals surface area (Å²) in [5.41, 5.74) is 1.90. The molecule has 3 aliphatic rings. The van der Waals surface area contributed by atoms with E-state index in [1.807, 2.05) is 78.9 Å². The summed E-state index contributed by atoms with van der Waals surface area (Å²) >= 11 is 0. The van der Waals surface area contributed by atoms with Crippen LogP contribution < -0.4 is 14.8 Å². The summed E-state index contributed by atoms with van der Waals surface area (Å²) < 4.78 is 81.8. The summed E-state index contributed by atoms with van der Waals surface area (Å²) in [7, 11) is 3.23. The van der Waals surface area contributed by atoms with Gasteiger partial charge in [-0.3, -0.25) is 9.59 Å². The van der Waals surface area contributed by atoms with Crippen LogP contribution in [-0.4, -0.2) is 190 Å². The molecule has 0 radical (unpaired) electrons. The number of benzene rings is 9. The fraction of sp³-hybridized carbons (Fsp3) is 0.347. The molecule has 0 bridgehead atoms. The van der Waals surface area contributed by atoms with Crippen LogP contribution in [0.5, 0.6) is 11.5 Å². The van der Waals surface area contributed by atoms with Crippen molar-refractivity contribution in [3.8, 4) is 11.5 Å². The maximum Gasteiger partial charge on any atom is 0.338 e. The maximum absolute atomic E-state index is 14.7. The Morgan fingerprint density at radius 3 is 1.26 bits per heavy atom. The average molecular weight is 1640 g/mol. The molecule has 12 rings (SSSR count). The molecule has 2 amide bonds. The topological polar surface area (TPSA) is 312 Å². The first-order valence-corrected chi connectivity index (χ1v) is 40.5. The van der Waals surface area contributed by atoms with Crippen LogP contribution in [0.15, 0.2) is 261 Å². The molecule has 0 saturated carbocycles. The lowest BCUT2D eigenvalue weighted by molar-refractivity contribution is -0.357. The van der Waals surface area contributed by atoms with Crippen molar-refractivity contribution in [2.45, 2.75) is 156 Å². The van der Waals surface area contributed by atoms with E-state index >= 15 is 0 Å². The average Bonchev–Trinajstić information content (AvgIpc) is 0.910. The zero-order valence-electron chi connectivity index (χ0n) is 66.9. The number of esters is 6. The number of hydrogen-bond donors (Lipinski definition) is 3. The predicted octanol–water partition coefficient (Wildman–Crippen LogP) is 13.2. The van der Waals surface area contributed by atoms with Crippen molar-refractivity contribution < 1.29 is 110 Å². The van der Waals surface area contributed by atoms with Crippen LogP contribution in [0.25, 0.3) is 0 Å². The summed E-state index contributed by atoms with van der Waals surface area (Å²) in [5, 5.41) is 26.7. The first-order valence-electron chi connectivity index (χ1n) is 40.5. The van der Waals surface area contributed by atoms with Gasteiger partial charge < -0.3 is 82.0 Å². The number of carbonyl (C=O) groups is 8. The van der Waals surface area contributed by atoms with Crippen molar-refractivity contribution in [1.82, 2.24) is 10.2 Å². The van der Waals surface area contributed by atoms with E-state index in [0.717, 1.165) is 36.0 Å². The quantitative estimate of drug-likeness (QED) is 0.0139. The molecule has 0 spiro atoms.